The molecule has 1 aromatic carbocycles. The quantitative estimate of drug-likeness (QED) is 0.395. The van der Waals surface area contributed by atoms with E-state index < -0.39 is 0 Å². The van der Waals surface area contributed by atoms with Gasteiger partial charge in [-0.15, -0.1) is 20.4 Å². The van der Waals surface area contributed by atoms with Crippen molar-refractivity contribution in [3.63, 3.8) is 0 Å². The van der Waals surface area contributed by atoms with Crippen molar-refractivity contribution in [1.29, 1.82) is 0 Å². The van der Waals surface area contributed by atoms with Crippen molar-refractivity contribution in [1.82, 2.24) is 25.7 Å². The third-order valence-corrected chi connectivity index (χ3v) is 3.47. The van der Waals surface area contributed by atoms with Crippen LogP contribution in [-0.2, 0) is 25.7 Å². The van der Waals surface area contributed by atoms with Gasteiger partial charge >= 0.3 is 0 Å². The fourth-order valence-corrected chi connectivity index (χ4v) is 2.05. The number of carbonyl (C=O) groups excluding carboxylic acids is 1. The van der Waals surface area contributed by atoms with Gasteiger partial charge in [-0.2, -0.15) is 0 Å². The molecule has 0 bridgehead atoms. The Morgan fingerprint density at radius 3 is 2.17 bits per heavy atom. The average Bonchev–Trinajstić information content (AvgIpc) is 2.76. The molecule has 1 heterocycles. The van der Waals surface area contributed by atoms with Gasteiger partial charge in [0.05, 0.1) is 33.0 Å². The number of nitrogens with one attached hydrogen (secondary N) is 1. The summed E-state index contributed by atoms with van der Waals surface area (Å²) in [4.78, 5) is 16.2. The van der Waals surface area contributed by atoms with Gasteiger partial charge < -0.3 is 19.6 Å². The minimum absolute atomic E-state index is 0. The Hall–Kier alpha value is -2.53. The first-order valence-electron chi connectivity index (χ1n) is 9.56. The number of hydrogen-bond acceptors (Lipinski definition) is 9. The number of amides is 1. The number of carbonyl (C=O) groups is 1. The summed E-state index contributed by atoms with van der Waals surface area (Å²) in [6.07, 6.45) is 0.290. The van der Waals surface area contributed by atoms with E-state index >= 15 is 0 Å². The Labute approximate surface area is 172 Å². The third-order valence-electron chi connectivity index (χ3n) is 3.47. The van der Waals surface area contributed by atoms with Crippen LogP contribution < -0.4 is 11.2 Å². The van der Waals surface area contributed by atoms with E-state index in [0.29, 0.717) is 57.6 Å². The first-order valence-corrected chi connectivity index (χ1v) is 9.56. The predicted octanol–water partition coefficient (Wildman–Crippen LogP) is 1.44. The Bertz CT molecular complexity index is 688. The van der Waals surface area contributed by atoms with E-state index in [9.17, 15) is 4.79 Å². The molecule has 0 radical (unpaired) electrons. The summed E-state index contributed by atoms with van der Waals surface area (Å²) < 4.78 is 10.5. The van der Waals surface area contributed by atoms with Crippen molar-refractivity contribution < 1.29 is 20.5 Å². The fourth-order valence-electron chi connectivity index (χ4n) is 2.05. The number of aryl methyl sites for hydroxylation is 1. The van der Waals surface area contributed by atoms with Crippen molar-refractivity contribution in [2.24, 2.45) is 5.90 Å². The Kier molecular flexibility index (Phi) is 13.0. The summed E-state index contributed by atoms with van der Waals surface area (Å²) in [6, 6.07) is 7.54. The van der Waals surface area contributed by atoms with Gasteiger partial charge in [0.1, 0.15) is 0 Å². The van der Waals surface area contributed by atoms with Crippen molar-refractivity contribution in [2.75, 3.05) is 33.0 Å². The number of nitrogens with two attached hydrogens (primary N) is 1. The molecule has 1 amide bonds. The molecule has 10 nitrogen and oxygen atoms in total. The molecular weight excluding hydrogens is 376 g/mol. The Morgan fingerprint density at radius 1 is 0.966 bits per heavy atom. The zero-order valence-electron chi connectivity index (χ0n) is 17.3. The minimum Gasteiger partial charge on any atom is -0.379 e. The lowest BCUT2D eigenvalue weighted by atomic mass is 10.1. The zero-order valence-corrected chi connectivity index (χ0v) is 17.3. The molecule has 0 saturated heterocycles. The average molecular weight is 409 g/mol. The number of hydrogen-bond donors (Lipinski definition) is 2. The monoisotopic (exact) mass is 408 g/mol. The summed E-state index contributed by atoms with van der Waals surface area (Å²) in [5.41, 5.74) is 1.79. The lowest BCUT2D eigenvalue weighted by Crippen LogP contribution is -2.24. The first-order chi connectivity index (χ1) is 14.2. The number of benzene rings is 1. The molecule has 0 fully saturated rings. The molecule has 2 aromatic rings. The molecule has 0 aliphatic carbocycles. The van der Waals surface area contributed by atoms with Gasteiger partial charge in [0, 0.05) is 20.0 Å². The van der Waals surface area contributed by atoms with Crippen LogP contribution >= 0.6 is 0 Å². The molecule has 0 atom stereocenters. The molecule has 162 valence electrons. The van der Waals surface area contributed by atoms with Crippen LogP contribution in [0, 0.1) is 6.92 Å². The summed E-state index contributed by atoms with van der Waals surface area (Å²) in [7, 11) is 0. The van der Waals surface area contributed by atoms with Gasteiger partial charge in [0.2, 0.25) is 11.7 Å². The molecule has 29 heavy (non-hydrogen) atoms. The highest BCUT2D eigenvalue weighted by Gasteiger charge is 2.05. The summed E-state index contributed by atoms with van der Waals surface area (Å²) >= 11 is 0. The standard InChI is InChI=1S/C17H24N6O4.C2H6.H2/c1-13-20-22-17(23-21-13)15-4-2-14(3-5-15)12-19-16(24)6-7-25-8-9-26-10-11-27-18;1-2;/h2-5H,6-12,18H2,1H3,(H,19,24);1-2H3;1H. The van der Waals surface area contributed by atoms with Gasteiger partial charge in [-0.1, -0.05) is 38.1 Å². The maximum Gasteiger partial charge on any atom is 0.222 e. The largest absolute Gasteiger partial charge is 0.379 e. The van der Waals surface area contributed by atoms with E-state index in [1.807, 2.05) is 38.1 Å². The summed E-state index contributed by atoms with van der Waals surface area (Å²) in [6.45, 7) is 8.13. The van der Waals surface area contributed by atoms with Crippen LogP contribution in [0.5, 0.6) is 0 Å². The van der Waals surface area contributed by atoms with Gasteiger partial charge in [-0.05, 0) is 12.5 Å². The highest BCUT2D eigenvalue weighted by atomic mass is 16.6. The third kappa shape index (κ3) is 10.5. The second-order valence-electron chi connectivity index (χ2n) is 5.59. The van der Waals surface area contributed by atoms with Gasteiger partial charge in [0.15, 0.2) is 5.82 Å². The molecule has 1 aromatic heterocycles. The number of ether oxygens (including phenoxy) is 2. The van der Waals surface area contributed by atoms with E-state index in [1.54, 1.807) is 6.92 Å². The van der Waals surface area contributed by atoms with Crippen molar-refractivity contribution in [3.05, 3.63) is 35.7 Å². The van der Waals surface area contributed by atoms with Crippen molar-refractivity contribution in [3.8, 4) is 11.4 Å². The molecule has 0 aliphatic rings. The lowest BCUT2D eigenvalue weighted by molar-refractivity contribution is -0.122. The van der Waals surface area contributed by atoms with Gasteiger partial charge in [-0.3, -0.25) is 4.79 Å². The molecule has 10 heteroatoms. The molecule has 0 saturated carbocycles. The predicted molar refractivity (Wildman–Crippen MR) is 109 cm³/mol. The number of rotatable bonds is 12. The van der Waals surface area contributed by atoms with Crippen LogP contribution in [0.2, 0.25) is 0 Å². The molecule has 2 rings (SSSR count). The van der Waals surface area contributed by atoms with E-state index in [1.165, 1.54) is 0 Å². The molecule has 0 aliphatic heterocycles. The van der Waals surface area contributed by atoms with Crippen LogP contribution in [-0.4, -0.2) is 59.3 Å². The summed E-state index contributed by atoms with van der Waals surface area (Å²) in [5, 5.41) is 18.6. The van der Waals surface area contributed by atoms with Gasteiger partial charge in [0.25, 0.3) is 0 Å². The smallest absolute Gasteiger partial charge is 0.222 e. The van der Waals surface area contributed by atoms with E-state index in [4.69, 9.17) is 15.4 Å². The Morgan fingerprint density at radius 2 is 1.55 bits per heavy atom. The van der Waals surface area contributed by atoms with Crippen LogP contribution in [0.15, 0.2) is 24.3 Å². The van der Waals surface area contributed by atoms with E-state index in [-0.39, 0.29) is 7.33 Å². The van der Waals surface area contributed by atoms with Crippen LogP contribution in [0.3, 0.4) is 0 Å². The van der Waals surface area contributed by atoms with E-state index in [2.05, 4.69) is 30.5 Å². The molecular formula is C19H32N6O4. The lowest BCUT2D eigenvalue weighted by Gasteiger charge is -2.07. The highest BCUT2D eigenvalue weighted by Crippen LogP contribution is 2.13. The fraction of sp³-hybridized carbons (Fsp3) is 0.526. The maximum absolute atomic E-state index is 11.8. The molecule has 0 spiro atoms. The van der Waals surface area contributed by atoms with Crippen LogP contribution in [0.25, 0.3) is 11.4 Å². The van der Waals surface area contributed by atoms with Crippen LogP contribution in [0.1, 0.15) is 33.1 Å². The van der Waals surface area contributed by atoms with Crippen molar-refractivity contribution >= 4 is 5.91 Å². The molecule has 0 unspecified atom stereocenters. The second-order valence-corrected chi connectivity index (χ2v) is 5.59. The van der Waals surface area contributed by atoms with Crippen molar-refractivity contribution in [2.45, 2.75) is 33.7 Å². The Balaban J connectivity index is 0.00000272. The summed E-state index contributed by atoms with van der Waals surface area (Å²) in [5.74, 6) is 5.78. The topological polar surface area (TPSA) is 134 Å². The van der Waals surface area contributed by atoms with Crippen LogP contribution in [0.4, 0.5) is 0 Å². The number of nitrogens with zero attached hydrogens (tertiary/aromatic N) is 4. The van der Waals surface area contributed by atoms with E-state index in [0.717, 1.165) is 11.1 Å². The zero-order chi connectivity index (χ0) is 21.3. The normalized spacial score (nSPS) is 10.2. The first kappa shape index (κ1) is 24.5. The maximum atomic E-state index is 11.8. The second kappa shape index (κ2) is 15.4. The molecule has 3 N–H and O–H groups in total. The number of aromatic nitrogens is 4. The highest BCUT2D eigenvalue weighted by molar-refractivity contribution is 5.75. The SMILES string of the molecule is CC.Cc1nnc(-c2ccc(CNC(=O)CCOCCOCCON)cc2)nn1.[HH]. The minimum atomic E-state index is -0.0770. The van der Waals surface area contributed by atoms with Gasteiger partial charge in [-0.25, -0.2) is 5.90 Å².